The highest BCUT2D eigenvalue weighted by Gasteiger charge is 2.41. The van der Waals surface area contributed by atoms with Crippen LogP contribution in [0.5, 0.6) is 0 Å². The highest BCUT2D eigenvalue weighted by atomic mass is 32.2. The van der Waals surface area contributed by atoms with Crippen LogP contribution in [0.15, 0.2) is 194 Å². The van der Waals surface area contributed by atoms with Gasteiger partial charge in [-0.2, -0.15) is 0 Å². The van der Waals surface area contributed by atoms with Crippen molar-refractivity contribution in [2.75, 3.05) is 0 Å². The van der Waals surface area contributed by atoms with Gasteiger partial charge in [0, 0.05) is 5.56 Å². The van der Waals surface area contributed by atoms with E-state index in [2.05, 4.69) is 179 Å². The lowest BCUT2D eigenvalue weighted by Gasteiger charge is -2.34. The summed E-state index contributed by atoms with van der Waals surface area (Å²) in [6.45, 7) is 0. The molecule has 0 aliphatic rings. The first kappa shape index (κ1) is 32.9. The van der Waals surface area contributed by atoms with Gasteiger partial charge in [-0.15, -0.1) is 22.7 Å². The Balaban J connectivity index is 1.03. The number of aromatic nitrogens is 4. The van der Waals surface area contributed by atoms with Gasteiger partial charge in [0.2, 0.25) is 0 Å². The number of fused-ring (bicyclic) bond motifs is 6. The Morgan fingerprint density at radius 1 is 0.446 bits per heavy atom. The number of para-hydroxylation sites is 2. The monoisotopic (exact) mass is 768 g/mol. The van der Waals surface area contributed by atoms with Crippen molar-refractivity contribution in [2.24, 2.45) is 0 Å². The molecule has 0 aliphatic heterocycles. The minimum Gasteiger partial charge on any atom is -0.283 e. The highest BCUT2D eigenvalue weighted by molar-refractivity contribution is 7.44. The van der Waals surface area contributed by atoms with Crippen LogP contribution in [0.25, 0.3) is 69.1 Å². The Labute approximate surface area is 332 Å². The van der Waals surface area contributed by atoms with Gasteiger partial charge in [-0.05, 0) is 74.3 Å². The molecule has 7 heteroatoms. The quantitative estimate of drug-likeness (QED) is 0.120. The molecule has 0 fully saturated rings. The van der Waals surface area contributed by atoms with E-state index in [4.69, 9.17) is 9.97 Å². The number of hydrogen-bond acceptors (Lipinski definition) is 5. The van der Waals surface area contributed by atoms with Crippen molar-refractivity contribution in [3.63, 3.8) is 0 Å². The van der Waals surface area contributed by atoms with E-state index < -0.39 is 8.07 Å². The lowest BCUT2D eigenvalue weighted by Crippen LogP contribution is -2.74. The van der Waals surface area contributed by atoms with Gasteiger partial charge in [0.1, 0.15) is 12.1 Å². The second kappa shape index (κ2) is 13.4. The standard InChI is InChI=1S/C49H32N4S2Si/c1-4-17-36(18-5-1)56(37-19-6-2-7-20-37,38-21-8-3-9-22-38)39-23-13-15-34(31-39)33-14-12-16-35(30-33)40-26-27-43-47(51-40)46-48-44(55-49(46)54-43)28-29-45(52-48)53-32-50-41-24-10-11-25-42(41)53/h1-32H. The maximum Gasteiger partial charge on any atom is 0.179 e. The summed E-state index contributed by atoms with van der Waals surface area (Å²) in [5, 5.41) is 6.58. The summed E-state index contributed by atoms with van der Waals surface area (Å²) >= 11 is 3.59. The van der Waals surface area contributed by atoms with Crippen molar-refractivity contribution >= 4 is 92.4 Å². The summed E-state index contributed by atoms with van der Waals surface area (Å²) in [6.07, 6.45) is 1.86. The average Bonchev–Trinajstić information content (AvgIpc) is 3.97. The molecule has 0 N–H and O–H groups in total. The molecule has 5 aromatic heterocycles. The van der Waals surface area contributed by atoms with Gasteiger partial charge >= 0.3 is 0 Å². The van der Waals surface area contributed by atoms with E-state index in [9.17, 15) is 0 Å². The van der Waals surface area contributed by atoms with E-state index in [1.807, 2.05) is 24.5 Å². The third-order valence-corrected chi connectivity index (χ3v) is 18.0. The van der Waals surface area contributed by atoms with Crippen LogP contribution >= 0.6 is 22.7 Å². The molecule has 0 saturated carbocycles. The third kappa shape index (κ3) is 5.27. The molecule has 6 aromatic carbocycles. The molecular weight excluding hydrogens is 737 g/mol. The van der Waals surface area contributed by atoms with Crippen LogP contribution in [0.3, 0.4) is 0 Å². The first-order chi connectivity index (χ1) is 27.7. The van der Waals surface area contributed by atoms with E-state index in [0.29, 0.717) is 0 Å². The van der Waals surface area contributed by atoms with E-state index in [1.165, 1.54) is 40.6 Å². The Kier molecular flexibility index (Phi) is 7.84. The summed E-state index contributed by atoms with van der Waals surface area (Å²) in [5.41, 5.74) is 8.39. The predicted octanol–water partition coefficient (Wildman–Crippen LogP) is 10.1. The number of nitrogens with zero attached hydrogens (tertiary/aromatic N) is 4. The minimum absolute atomic E-state index is 0.857. The molecule has 0 spiro atoms. The van der Waals surface area contributed by atoms with Gasteiger partial charge < -0.3 is 0 Å². The summed E-state index contributed by atoms with van der Waals surface area (Å²) in [4.78, 5) is 15.2. The van der Waals surface area contributed by atoms with Crippen LogP contribution in [0.2, 0.25) is 0 Å². The molecule has 0 bridgehead atoms. The van der Waals surface area contributed by atoms with Crippen LogP contribution in [-0.4, -0.2) is 27.6 Å². The maximum atomic E-state index is 5.37. The number of pyridine rings is 2. The fourth-order valence-electron chi connectivity index (χ4n) is 8.32. The molecule has 0 unspecified atom stereocenters. The zero-order valence-corrected chi connectivity index (χ0v) is 32.7. The molecule has 11 aromatic rings. The molecule has 0 saturated heterocycles. The van der Waals surface area contributed by atoms with E-state index in [0.717, 1.165) is 49.2 Å². The Hall–Kier alpha value is -6.51. The van der Waals surface area contributed by atoms with Crippen molar-refractivity contribution in [3.8, 4) is 28.2 Å². The molecular formula is C49H32N4S2Si. The Morgan fingerprint density at radius 2 is 1.00 bits per heavy atom. The zero-order chi connectivity index (χ0) is 37.1. The molecule has 4 nitrogen and oxygen atoms in total. The van der Waals surface area contributed by atoms with Gasteiger partial charge in [-0.3, -0.25) is 4.57 Å². The molecule has 5 heterocycles. The Morgan fingerprint density at radius 3 is 1.70 bits per heavy atom. The van der Waals surface area contributed by atoms with E-state index in [-0.39, 0.29) is 0 Å². The molecule has 0 atom stereocenters. The second-order valence-electron chi connectivity index (χ2n) is 14.0. The largest absolute Gasteiger partial charge is 0.283 e. The van der Waals surface area contributed by atoms with Crippen molar-refractivity contribution in [1.29, 1.82) is 0 Å². The number of thiophene rings is 2. The number of benzene rings is 6. The molecule has 56 heavy (non-hydrogen) atoms. The van der Waals surface area contributed by atoms with Crippen LogP contribution in [0, 0.1) is 0 Å². The van der Waals surface area contributed by atoms with Gasteiger partial charge in [0.25, 0.3) is 0 Å². The summed E-state index contributed by atoms with van der Waals surface area (Å²) in [5.74, 6) is 0.857. The topological polar surface area (TPSA) is 43.6 Å². The van der Waals surface area contributed by atoms with Crippen molar-refractivity contribution in [1.82, 2.24) is 19.5 Å². The van der Waals surface area contributed by atoms with Gasteiger partial charge in [0.15, 0.2) is 8.07 Å². The first-order valence-electron chi connectivity index (χ1n) is 18.7. The van der Waals surface area contributed by atoms with Crippen LogP contribution in [-0.2, 0) is 0 Å². The number of hydrogen-bond donors (Lipinski definition) is 0. The number of imidazole rings is 1. The molecule has 0 radical (unpaired) electrons. The summed E-state index contributed by atoms with van der Waals surface area (Å²) in [7, 11) is -2.66. The van der Waals surface area contributed by atoms with Crippen molar-refractivity contribution in [3.05, 3.63) is 194 Å². The predicted molar refractivity (Wildman–Crippen MR) is 239 cm³/mol. The smallest absolute Gasteiger partial charge is 0.179 e. The van der Waals surface area contributed by atoms with Crippen LogP contribution in [0.1, 0.15) is 0 Å². The maximum absolute atomic E-state index is 5.37. The highest BCUT2D eigenvalue weighted by Crippen LogP contribution is 2.43. The zero-order valence-electron chi connectivity index (χ0n) is 30.1. The van der Waals surface area contributed by atoms with Gasteiger partial charge in [-0.25, -0.2) is 15.0 Å². The van der Waals surface area contributed by atoms with E-state index in [1.54, 1.807) is 22.7 Å². The fourth-order valence-corrected chi connectivity index (χ4v) is 15.6. The van der Waals surface area contributed by atoms with Gasteiger partial charge in [0.05, 0.1) is 46.6 Å². The van der Waals surface area contributed by atoms with Gasteiger partial charge in [-0.1, -0.05) is 146 Å². The second-order valence-corrected chi connectivity index (χ2v) is 20.2. The molecule has 0 amide bonds. The van der Waals surface area contributed by atoms with Crippen molar-refractivity contribution < 1.29 is 0 Å². The lowest BCUT2D eigenvalue weighted by atomic mass is 10.0. The SMILES string of the molecule is c1ccc([Si](c2ccccc2)(c2ccccc2)c2cccc(-c3cccc(-c4ccc5sc6sc7ccc(-n8cnc9ccccc98)nc7c6c5n4)c3)c2)cc1. The van der Waals surface area contributed by atoms with E-state index >= 15 is 0 Å². The normalized spacial score (nSPS) is 11.9. The summed E-state index contributed by atoms with van der Waals surface area (Å²) in [6, 6.07) is 68.2. The summed E-state index contributed by atoms with van der Waals surface area (Å²) < 4.78 is 5.65. The number of rotatable bonds is 7. The van der Waals surface area contributed by atoms with Crippen LogP contribution in [0.4, 0.5) is 0 Å². The molecule has 0 aliphatic carbocycles. The average molecular weight is 769 g/mol. The van der Waals surface area contributed by atoms with Crippen molar-refractivity contribution in [2.45, 2.75) is 0 Å². The fraction of sp³-hybridized carbons (Fsp3) is 0. The minimum atomic E-state index is -2.66. The molecule has 264 valence electrons. The molecule has 11 rings (SSSR count). The third-order valence-electron chi connectivity index (χ3n) is 10.9. The van der Waals surface area contributed by atoms with Crippen LogP contribution < -0.4 is 20.7 Å². The first-order valence-corrected chi connectivity index (χ1v) is 22.3. The Bertz CT molecular complexity index is 3110. The lowest BCUT2D eigenvalue weighted by molar-refractivity contribution is 1.04.